The van der Waals surface area contributed by atoms with Crippen LogP contribution in [0.25, 0.3) is 11.1 Å². The van der Waals surface area contributed by atoms with Crippen LogP contribution in [0.3, 0.4) is 0 Å². The molecule has 0 saturated heterocycles. The lowest BCUT2D eigenvalue weighted by Gasteiger charge is -2.09. The second-order valence-corrected chi connectivity index (χ2v) is 5.68. The number of amides is 1. The molecule has 0 aromatic heterocycles. The first-order chi connectivity index (χ1) is 12.7. The maximum absolute atomic E-state index is 12.0. The molecule has 0 unspecified atom stereocenters. The molecule has 0 spiro atoms. The Hall–Kier alpha value is -3.27. The first kappa shape index (κ1) is 17.5. The molecule has 3 aromatic rings. The van der Waals surface area contributed by atoms with Gasteiger partial charge in [0, 0.05) is 5.69 Å². The Morgan fingerprint density at radius 2 is 1.35 bits per heavy atom. The molecule has 4 heteroatoms. The normalized spacial score (nSPS) is 10.2. The molecule has 0 bridgehead atoms. The van der Waals surface area contributed by atoms with Crippen LogP contribution < -0.4 is 14.8 Å². The summed E-state index contributed by atoms with van der Waals surface area (Å²) < 4.78 is 10.9. The summed E-state index contributed by atoms with van der Waals surface area (Å²) in [6, 6.07) is 25.1. The third-order valence-corrected chi connectivity index (χ3v) is 3.78. The molecule has 1 N–H and O–H groups in total. The van der Waals surface area contributed by atoms with Gasteiger partial charge in [-0.2, -0.15) is 0 Å². The maximum Gasteiger partial charge on any atom is 0.262 e. The Balaban J connectivity index is 1.51. The lowest BCUT2D eigenvalue weighted by atomic mass is 10.1. The van der Waals surface area contributed by atoms with Crippen molar-refractivity contribution in [2.75, 3.05) is 18.5 Å². The van der Waals surface area contributed by atoms with Crippen LogP contribution in [0, 0.1) is 0 Å². The van der Waals surface area contributed by atoms with Crippen molar-refractivity contribution in [2.45, 2.75) is 6.92 Å². The van der Waals surface area contributed by atoms with E-state index in [0.717, 1.165) is 16.9 Å². The largest absolute Gasteiger partial charge is 0.494 e. The van der Waals surface area contributed by atoms with Gasteiger partial charge in [0.15, 0.2) is 6.61 Å². The molecule has 132 valence electrons. The number of hydrogen-bond donors (Lipinski definition) is 1. The predicted octanol–water partition coefficient (Wildman–Crippen LogP) is 4.77. The number of carbonyl (C=O) groups is 1. The van der Waals surface area contributed by atoms with Crippen molar-refractivity contribution in [3.05, 3.63) is 78.9 Å². The third-order valence-electron chi connectivity index (χ3n) is 3.78. The Bertz CT molecular complexity index is 828. The molecule has 0 atom stereocenters. The van der Waals surface area contributed by atoms with E-state index in [2.05, 4.69) is 17.4 Å². The standard InChI is InChI=1S/C22H21NO3/c1-2-25-20-14-10-19(11-15-20)23-22(24)16-26-21-12-8-18(9-13-21)17-6-4-3-5-7-17/h3-15H,2,16H2,1H3,(H,23,24). The van der Waals surface area contributed by atoms with Crippen molar-refractivity contribution in [1.29, 1.82) is 0 Å². The zero-order valence-corrected chi connectivity index (χ0v) is 14.6. The van der Waals surface area contributed by atoms with E-state index in [9.17, 15) is 4.79 Å². The molecule has 0 fully saturated rings. The van der Waals surface area contributed by atoms with Crippen LogP contribution in [-0.4, -0.2) is 19.1 Å². The molecule has 0 aliphatic rings. The van der Waals surface area contributed by atoms with Crippen LogP contribution in [0.1, 0.15) is 6.92 Å². The second kappa shape index (κ2) is 8.72. The van der Waals surface area contributed by atoms with Crippen molar-refractivity contribution >= 4 is 11.6 Å². The molecule has 4 nitrogen and oxygen atoms in total. The molecule has 3 aromatic carbocycles. The zero-order chi connectivity index (χ0) is 18.2. The van der Waals surface area contributed by atoms with Gasteiger partial charge in [-0.15, -0.1) is 0 Å². The fraction of sp³-hybridized carbons (Fsp3) is 0.136. The first-order valence-corrected chi connectivity index (χ1v) is 8.55. The van der Waals surface area contributed by atoms with Gasteiger partial charge in [0.25, 0.3) is 5.91 Å². The number of benzene rings is 3. The lowest BCUT2D eigenvalue weighted by Crippen LogP contribution is -2.20. The molecule has 0 radical (unpaired) electrons. The Morgan fingerprint density at radius 1 is 0.769 bits per heavy atom. The maximum atomic E-state index is 12.0. The van der Waals surface area contributed by atoms with E-state index in [0.29, 0.717) is 18.0 Å². The number of nitrogens with one attached hydrogen (secondary N) is 1. The lowest BCUT2D eigenvalue weighted by molar-refractivity contribution is -0.118. The Labute approximate surface area is 153 Å². The Kier molecular flexibility index (Phi) is 5.88. The van der Waals surface area contributed by atoms with Crippen molar-refractivity contribution in [2.24, 2.45) is 0 Å². The minimum atomic E-state index is -0.207. The summed E-state index contributed by atoms with van der Waals surface area (Å²) in [5.74, 6) is 1.23. The number of ether oxygens (including phenoxy) is 2. The predicted molar refractivity (Wildman–Crippen MR) is 104 cm³/mol. The average Bonchev–Trinajstić information content (AvgIpc) is 2.69. The smallest absolute Gasteiger partial charge is 0.262 e. The van der Waals surface area contributed by atoms with Crippen molar-refractivity contribution in [1.82, 2.24) is 0 Å². The first-order valence-electron chi connectivity index (χ1n) is 8.55. The number of carbonyl (C=O) groups excluding carboxylic acids is 1. The van der Waals surface area contributed by atoms with E-state index in [4.69, 9.17) is 9.47 Å². The van der Waals surface area contributed by atoms with Crippen LogP contribution in [-0.2, 0) is 4.79 Å². The average molecular weight is 347 g/mol. The fourth-order valence-corrected chi connectivity index (χ4v) is 2.52. The van der Waals surface area contributed by atoms with Gasteiger partial charge in [0.1, 0.15) is 11.5 Å². The van der Waals surface area contributed by atoms with Gasteiger partial charge in [0.2, 0.25) is 0 Å². The minimum Gasteiger partial charge on any atom is -0.494 e. The number of anilines is 1. The van der Waals surface area contributed by atoms with Gasteiger partial charge >= 0.3 is 0 Å². The summed E-state index contributed by atoms with van der Waals surface area (Å²) in [5.41, 5.74) is 2.96. The molecule has 0 aliphatic heterocycles. The van der Waals surface area contributed by atoms with Crippen LogP contribution in [0.5, 0.6) is 11.5 Å². The van der Waals surface area contributed by atoms with E-state index < -0.39 is 0 Å². The summed E-state index contributed by atoms with van der Waals surface area (Å²) in [4.78, 5) is 12.0. The van der Waals surface area contributed by atoms with Crippen molar-refractivity contribution in [3.63, 3.8) is 0 Å². The molecule has 1 amide bonds. The highest BCUT2D eigenvalue weighted by atomic mass is 16.5. The van der Waals surface area contributed by atoms with E-state index >= 15 is 0 Å². The molecule has 0 saturated carbocycles. The number of hydrogen-bond acceptors (Lipinski definition) is 3. The van der Waals surface area contributed by atoms with Crippen LogP contribution >= 0.6 is 0 Å². The van der Waals surface area contributed by atoms with E-state index in [1.54, 1.807) is 12.1 Å². The summed E-state index contributed by atoms with van der Waals surface area (Å²) in [6.45, 7) is 2.50. The van der Waals surface area contributed by atoms with Gasteiger partial charge in [-0.05, 0) is 54.4 Å². The monoisotopic (exact) mass is 347 g/mol. The summed E-state index contributed by atoms with van der Waals surface area (Å²) in [7, 11) is 0. The van der Waals surface area contributed by atoms with Gasteiger partial charge in [-0.3, -0.25) is 4.79 Å². The molecule has 26 heavy (non-hydrogen) atoms. The highest BCUT2D eigenvalue weighted by Gasteiger charge is 2.05. The molecular weight excluding hydrogens is 326 g/mol. The highest BCUT2D eigenvalue weighted by Crippen LogP contribution is 2.22. The van der Waals surface area contributed by atoms with Crippen molar-refractivity contribution in [3.8, 4) is 22.6 Å². The molecule has 0 aliphatic carbocycles. The zero-order valence-electron chi connectivity index (χ0n) is 14.6. The van der Waals surface area contributed by atoms with Gasteiger partial charge in [-0.25, -0.2) is 0 Å². The van der Waals surface area contributed by atoms with E-state index in [-0.39, 0.29) is 12.5 Å². The van der Waals surface area contributed by atoms with Crippen molar-refractivity contribution < 1.29 is 14.3 Å². The summed E-state index contributed by atoms with van der Waals surface area (Å²) >= 11 is 0. The van der Waals surface area contributed by atoms with Gasteiger partial charge < -0.3 is 14.8 Å². The Morgan fingerprint density at radius 3 is 2.00 bits per heavy atom. The van der Waals surface area contributed by atoms with E-state index in [1.165, 1.54) is 0 Å². The summed E-state index contributed by atoms with van der Waals surface area (Å²) in [5, 5.41) is 2.80. The number of rotatable bonds is 7. The quantitative estimate of drug-likeness (QED) is 0.670. The molecular formula is C22H21NO3. The minimum absolute atomic E-state index is 0.0438. The second-order valence-electron chi connectivity index (χ2n) is 5.68. The third kappa shape index (κ3) is 4.86. The molecule has 3 rings (SSSR count). The summed E-state index contributed by atoms with van der Waals surface area (Å²) in [6.07, 6.45) is 0. The van der Waals surface area contributed by atoms with E-state index in [1.807, 2.05) is 61.5 Å². The van der Waals surface area contributed by atoms with Gasteiger partial charge in [0.05, 0.1) is 6.61 Å². The SMILES string of the molecule is CCOc1ccc(NC(=O)COc2ccc(-c3ccccc3)cc2)cc1. The topological polar surface area (TPSA) is 47.6 Å². The molecule has 0 heterocycles. The van der Waals surface area contributed by atoms with Crippen LogP contribution in [0.2, 0.25) is 0 Å². The van der Waals surface area contributed by atoms with Gasteiger partial charge in [-0.1, -0.05) is 42.5 Å². The fourth-order valence-electron chi connectivity index (χ4n) is 2.52. The highest BCUT2D eigenvalue weighted by molar-refractivity contribution is 5.91. The van der Waals surface area contributed by atoms with Crippen LogP contribution in [0.4, 0.5) is 5.69 Å². The van der Waals surface area contributed by atoms with Crippen LogP contribution in [0.15, 0.2) is 78.9 Å².